The van der Waals surface area contributed by atoms with Crippen LogP contribution >= 0.6 is 11.8 Å². The van der Waals surface area contributed by atoms with E-state index < -0.39 is 22.6 Å². The lowest BCUT2D eigenvalue weighted by Crippen LogP contribution is -2.41. The summed E-state index contributed by atoms with van der Waals surface area (Å²) < 4.78 is 20.0. The van der Waals surface area contributed by atoms with E-state index in [-0.39, 0.29) is 22.3 Å². The highest BCUT2D eigenvalue weighted by Crippen LogP contribution is 2.48. The van der Waals surface area contributed by atoms with E-state index in [1.54, 1.807) is 0 Å². The first-order valence-electron chi connectivity index (χ1n) is 6.73. The fraction of sp³-hybridized carbons (Fsp3) is 0.385. The second-order valence-electron chi connectivity index (χ2n) is 5.11. The molecule has 2 heterocycles. The molecule has 0 aliphatic carbocycles. The van der Waals surface area contributed by atoms with Crippen molar-refractivity contribution in [3.8, 4) is 0 Å². The molecule has 0 saturated carbocycles. The fourth-order valence-corrected chi connectivity index (χ4v) is 3.88. The molecular weight excluding hydrogens is 329 g/mol. The van der Waals surface area contributed by atoms with Gasteiger partial charge in [-0.2, -0.15) is 0 Å². The van der Waals surface area contributed by atoms with Crippen molar-refractivity contribution in [2.45, 2.75) is 12.1 Å². The minimum absolute atomic E-state index is 0.0424. The van der Waals surface area contributed by atoms with Crippen molar-refractivity contribution in [2.24, 2.45) is 10.9 Å². The lowest BCUT2D eigenvalue weighted by Gasteiger charge is -2.34. The first-order chi connectivity index (χ1) is 10.9. The summed E-state index contributed by atoms with van der Waals surface area (Å²) in [5, 5.41) is 22.0. The molecule has 10 heteroatoms. The molecular formula is C13H12FN3O5S. The summed E-state index contributed by atoms with van der Waals surface area (Å²) in [6.07, 6.45) is -0.679. The molecule has 2 aliphatic rings. The van der Waals surface area contributed by atoms with Crippen LogP contribution in [0.25, 0.3) is 0 Å². The number of carboxylic acid groups (broad SMARTS) is 1. The molecule has 0 aromatic heterocycles. The van der Waals surface area contributed by atoms with Crippen molar-refractivity contribution in [2.75, 3.05) is 12.4 Å². The number of benzene rings is 1. The van der Waals surface area contributed by atoms with Gasteiger partial charge in [-0.1, -0.05) is 11.8 Å². The molecule has 1 aromatic carbocycles. The molecule has 122 valence electrons. The Morgan fingerprint density at radius 3 is 3.09 bits per heavy atom. The van der Waals surface area contributed by atoms with Crippen molar-refractivity contribution in [3.63, 3.8) is 0 Å². The highest BCUT2D eigenvalue weighted by atomic mass is 32.2. The van der Waals surface area contributed by atoms with Gasteiger partial charge in [0.05, 0.1) is 11.5 Å². The minimum Gasteiger partial charge on any atom is -0.465 e. The molecule has 1 fully saturated rings. The number of carbonyl (C=O) groups is 1. The van der Waals surface area contributed by atoms with E-state index in [0.29, 0.717) is 18.8 Å². The van der Waals surface area contributed by atoms with Gasteiger partial charge < -0.3 is 9.84 Å². The lowest BCUT2D eigenvalue weighted by molar-refractivity contribution is -0.385. The molecule has 0 unspecified atom stereocenters. The number of halogens is 1. The first kappa shape index (κ1) is 15.7. The number of fused-ring (bicyclic) bond motifs is 1. The normalized spacial score (nSPS) is 26.3. The van der Waals surface area contributed by atoms with Crippen molar-refractivity contribution < 1.29 is 24.0 Å². The summed E-state index contributed by atoms with van der Waals surface area (Å²) in [7, 11) is 0. The van der Waals surface area contributed by atoms with E-state index in [1.165, 1.54) is 11.8 Å². The van der Waals surface area contributed by atoms with Crippen LogP contribution in [0.2, 0.25) is 0 Å². The van der Waals surface area contributed by atoms with Crippen molar-refractivity contribution in [3.05, 3.63) is 39.7 Å². The van der Waals surface area contributed by atoms with Gasteiger partial charge in [0.25, 0.3) is 5.69 Å². The molecule has 1 saturated heterocycles. The SMILES string of the molecule is O=C(O)NC1=N[C@@]2(c3cc([N+](=O)[O-])ccc3F)OCC[C@H]2CS1. The van der Waals surface area contributed by atoms with Gasteiger partial charge in [-0.25, -0.2) is 14.2 Å². The highest BCUT2D eigenvalue weighted by molar-refractivity contribution is 8.13. The quantitative estimate of drug-likeness (QED) is 0.630. The summed E-state index contributed by atoms with van der Waals surface area (Å²) in [4.78, 5) is 25.4. The zero-order chi connectivity index (χ0) is 16.6. The molecule has 0 bridgehead atoms. The molecule has 23 heavy (non-hydrogen) atoms. The van der Waals surface area contributed by atoms with Gasteiger partial charge in [0.15, 0.2) is 10.9 Å². The minimum atomic E-state index is -1.43. The maximum Gasteiger partial charge on any atom is 0.410 e. The van der Waals surface area contributed by atoms with Crippen molar-refractivity contribution >= 4 is 28.7 Å². The van der Waals surface area contributed by atoms with E-state index in [0.717, 1.165) is 18.2 Å². The molecule has 0 radical (unpaired) electrons. The topological polar surface area (TPSA) is 114 Å². The molecule has 2 atom stereocenters. The maximum absolute atomic E-state index is 14.3. The first-order valence-corrected chi connectivity index (χ1v) is 7.72. The van der Waals surface area contributed by atoms with Crippen LogP contribution in [-0.4, -0.2) is 33.7 Å². The third-order valence-electron chi connectivity index (χ3n) is 3.79. The Hall–Kier alpha value is -2.20. The van der Waals surface area contributed by atoms with Gasteiger partial charge in [0.2, 0.25) is 0 Å². The van der Waals surface area contributed by atoms with Crippen LogP contribution < -0.4 is 5.32 Å². The number of ether oxygens (including phenoxy) is 1. The van der Waals surface area contributed by atoms with Gasteiger partial charge >= 0.3 is 6.09 Å². The second kappa shape index (κ2) is 5.78. The number of hydrogen-bond acceptors (Lipinski definition) is 6. The molecule has 8 nitrogen and oxygen atoms in total. The highest BCUT2D eigenvalue weighted by Gasteiger charge is 2.50. The van der Waals surface area contributed by atoms with Gasteiger partial charge in [0, 0.05) is 29.4 Å². The number of thioether (sulfide) groups is 1. The Bertz CT molecular complexity index is 713. The number of non-ortho nitro benzene ring substituents is 1. The summed E-state index contributed by atoms with van der Waals surface area (Å²) in [6.45, 7) is 0.317. The van der Waals surface area contributed by atoms with Crippen LogP contribution in [0.1, 0.15) is 12.0 Å². The third kappa shape index (κ3) is 2.75. The number of nitrogens with one attached hydrogen (secondary N) is 1. The van der Waals surface area contributed by atoms with Crippen molar-refractivity contribution in [1.82, 2.24) is 5.32 Å². The predicted molar refractivity (Wildman–Crippen MR) is 79.8 cm³/mol. The lowest BCUT2D eigenvalue weighted by atomic mass is 9.89. The number of nitrogens with zero attached hydrogens (tertiary/aromatic N) is 2. The van der Waals surface area contributed by atoms with E-state index in [9.17, 15) is 19.3 Å². The van der Waals surface area contributed by atoms with Gasteiger partial charge in [-0.05, 0) is 12.5 Å². The summed E-state index contributed by atoms with van der Waals surface area (Å²) in [6, 6.07) is 3.17. The Kier molecular flexibility index (Phi) is 3.94. The van der Waals surface area contributed by atoms with Crippen LogP contribution in [0.5, 0.6) is 0 Å². The van der Waals surface area contributed by atoms with Crippen LogP contribution in [0.15, 0.2) is 23.2 Å². The number of amidine groups is 1. The van der Waals surface area contributed by atoms with Crippen LogP contribution in [0.4, 0.5) is 14.9 Å². The number of aliphatic imine (C=N–C) groups is 1. The summed E-state index contributed by atoms with van der Waals surface area (Å²) >= 11 is 1.20. The standard InChI is InChI=1S/C13H12FN3O5S/c14-10-2-1-8(17(20)21)5-9(10)13-7(3-4-22-13)6-23-11(16-13)15-12(18)19/h1-2,5,7H,3-4,6H2,(H,15,16)(H,18,19)/t7-,13+/m0/s1. The van der Waals surface area contributed by atoms with Crippen LogP contribution in [-0.2, 0) is 10.5 Å². The van der Waals surface area contributed by atoms with Gasteiger partial charge in [-0.3, -0.25) is 15.4 Å². The van der Waals surface area contributed by atoms with Crippen LogP contribution in [0, 0.1) is 21.8 Å². The van der Waals surface area contributed by atoms with E-state index in [4.69, 9.17) is 9.84 Å². The number of nitro benzene ring substituents is 1. The van der Waals surface area contributed by atoms with E-state index in [2.05, 4.69) is 10.3 Å². The molecule has 3 rings (SSSR count). The Labute approximate surface area is 133 Å². The number of rotatable bonds is 2. The average Bonchev–Trinajstić information content (AvgIpc) is 2.90. The number of amides is 1. The molecule has 2 N–H and O–H groups in total. The monoisotopic (exact) mass is 341 g/mol. The smallest absolute Gasteiger partial charge is 0.410 e. The molecule has 2 aliphatic heterocycles. The van der Waals surface area contributed by atoms with Gasteiger partial charge in [0.1, 0.15) is 5.82 Å². The summed E-state index contributed by atoms with van der Waals surface area (Å²) in [5.74, 6) is -0.391. The van der Waals surface area contributed by atoms with E-state index >= 15 is 0 Å². The second-order valence-corrected chi connectivity index (χ2v) is 6.12. The van der Waals surface area contributed by atoms with E-state index in [1.807, 2.05) is 0 Å². The molecule has 1 aromatic rings. The predicted octanol–water partition coefficient (Wildman–Crippen LogP) is 2.29. The largest absolute Gasteiger partial charge is 0.465 e. The third-order valence-corrected chi connectivity index (χ3v) is 4.83. The van der Waals surface area contributed by atoms with Gasteiger partial charge in [-0.15, -0.1) is 0 Å². The average molecular weight is 341 g/mol. The fourth-order valence-electron chi connectivity index (χ4n) is 2.77. The zero-order valence-corrected chi connectivity index (χ0v) is 12.5. The molecule has 1 amide bonds. The Balaban J connectivity index is 2.11. The van der Waals surface area contributed by atoms with Crippen molar-refractivity contribution in [1.29, 1.82) is 0 Å². The molecule has 0 spiro atoms. The Morgan fingerprint density at radius 1 is 1.61 bits per heavy atom. The Morgan fingerprint density at radius 2 is 2.39 bits per heavy atom. The summed E-state index contributed by atoms with van der Waals surface area (Å²) in [5.41, 5.74) is -1.75. The van der Waals surface area contributed by atoms with Crippen LogP contribution in [0.3, 0.4) is 0 Å². The zero-order valence-electron chi connectivity index (χ0n) is 11.7. The number of hydrogen-bond donors (Lipinski definition) is 2. The maximum atomic E-state index is 14.3. The number of nitro groups is 1.